The molecule has 1 aliphatic heterocycles. The number of carbonyl (C=O) groups excluding carboxylic acids is 4. The van der Waals surface area contributed by atoms with E-state index in [1.54, 1.807) is 38.1 Å². The molecule has 0 spiro atoms. The lowest BCUT2D eigenvalue weighted by Crippen LogP contribution is -2.40. The number of rotatable bonds is 7. The Kier molecular flexibility index (Phi) is 6.43. The second-order valence-electron chi connectivity index (χ2n) is 6.75. The van der Waals surface area contributed by atoms with Crippen molar-refractivity contribution in [3.05, 3.63) is 29.3 Å². The zero-order valence-corrected chi connectivity index (χ0v) is 16.1. The fraction of sp³-hybridized carbons (Fsp3) is 0.444. The lowest BCUT2D eigenvalue weighted by Gasteiger charge is -2.16. The van der Waals surface area contributed by atoms with Gasteiger partial charge in [0.2, 0.25) is 0 Å². The summed E-state index contributed by atoms with van der Waals surface area (Å²) < 4.78 is 5.09. The van der Waals surface area contributed by atoms with Crippen LogP contribution in [0.25, 0.3) is 0 Å². The van der Waals surface area contributed by atoms with Gasteiger partial charge in [-0.15, -0.1) is 0 Å². The van der Waals surface area contributed by atoms with Gasteiger partial charge in [-0.1, -0.05) is 17.7 Å². The van der Waals surface area contributed by atoms with E-state index in [9.17, 15) is 19.2 Å². The number of hydrogen-bond donors (Lipinski definition) is 2. The summed E-state index contributed by atoms with van der Waals surface area (Å²) >= 11 is 5.85. The molecule has 1 atom stereocenters. The largest absolute Gasteiger partial charge is 0.453 e. The topological polar surface area (TPSA) is 105 Å². The average molecular weight is 396 g/mol. The summed E-state index contributed by atoms with van der Waals surface area (Å²) in [7, 11) is 0. The van der Waals surface area contributed by atoms with Crippen molar-refractivity contribution in [2.24, 2.45) is 0 Å². The molecule has 146 valence electrons. The predicted octanol–water partition coefficient (Wildman–Crippen LogP) is 2.32. The molecule has 1 fully saturated rings. The van der Waals surface area contributed by atoms with Crippen LogP contribution in [0.5, 0.6) is 0 Å². The highest BCUT2D eigenvalue weighted by Crippen LogP contribution is 2.17. The third-order valence-corrected chi connectivity index (χ3v) is 4.21. The first-order valence-electron chi connectivity index (χ1n) is 8.50. The number of hydrogen-bond acceptors (Lipinski definition) is 5. The van der Waals surface area contributed by atoms with Gasteiger partial charge >= 0.3 is 12.0 Å². The van der Waals surface area contributed by atoms with Gasteiger partial charge < -0.3 is 15.4 Å². The van der Waals surface area contributed by atoms with E-state index in [-0.39, 0.29) is 25.3 Å². The lowest BCUT2D eigenvalue weighted by atomic mass is 10.1. The van der Waals surface area contributed by atoms with Gasteiger partial charge in [0.1, 0.15) is 5.54 Å². The SMILES string of the molecule is C[C@@H](OC(=O)CCCN1C(=O)NC(C)(C)C1=O)C(=O)Nc1cccc(Cl)c1. The predicted molar refractivity (Wildman–Crippen MR) is 99.2 cm³/mol. The van der Waals surface area contributed by atoms with E-state index in [0.29, 0.717) is 10.7 Å². The number of nitrogens with one attached hydrogen (secondary N) is 2. The zero-order chi connectivity index (χ0) is 20.2. The standard InChI is InChI=1S/C18H22ClN3O5/c1-11(15(24)20-13-7-4-6-12(19)10-13)27-14(23)8-5-9-22-16(25)18(2,3)21-17(22)26/h4,6-7,10-11H,5,8-9H2,1-3H3,(H,20,24)(H,21,26)/t11-/m1/s1. The summed E-state index contributed by atoms with van der Waals surface area (Å²) in [4.78, 5) is 48.8. The summed E-state index contributed by atoms with van der Waals surface area (Å²) in [5.41, 5.74) is -0.443. The van der Waals surface area contributed by atoms with Gasteiger partial charge in [-0.3, -0.25) is 19.3 Å². The van der Waals surface area contributed by atoms with Crippen molar-refractivity contribution in [1.29, 1.82) is 0 Å². The molecule has 27 heavy (non-hydrogen) atoms. The molecule has 0 bridgehead atoms. The molecule has 2 rings (SSSR count). The van der Waals surface area contributed by atoms with Crippen LogP contribution in [0.3, 0.4) is 0 Å². The van der Waals surface area contributed by atoms with Crippen molar-refractivity contribution in [2.45, 2.75) is 45.3 Å². The minimum Gasteiger partial charge on any atom is -0.453 e. The molecule has 8 nitrogen and oxygen atoms in total. The molecule has 0 aliphatic carbocycles. The Hall–Kier alpha value is -2.61. The van der Waals surface area contributed by atoms with Crippen LogP contribution in [-0.4, -0.2) is 46.9 Å². The summed E-state index contributed by atoms with van der Waals surface area (Å²) in [6.07, 6.45) is -0.768. The van der Waals surface area contributed by atoms with E-state index in [2.05, 4.69) is 10.6 Å². The molecule has 4 amide bonds. The number of anilines is 1. The first-order chi connectivity index (χ1) is 12.6. The number of esters is 1. The Balaban J connectivity index is 1.76. The van der Waals surface area contributed by atoms with Crippen molar-refractivity contribution in [3.8, 4) is 0 Å². The minimum absolute atomic E-state index is 0.0216. The van der Waals surface area contributed by atoms with Crippen molar-refractivity contribution in [1.82, 2.24) is 10.2 Å². The van der Waals surface area contributed by atoms with Gasteiger partial charge in [0.15, 0.2) is 6.10 Å². The highest BCUT2D eigenvalue weighted by atomic mass is 35.5. The van der Waals surface area contributed by atoms with E-state index >= 15 is 0 Å². The Bertz CT molecular complexity index is 765. The van der Waals surface area contributed by atoms with E-state index in [0.717, 1.165) is 4.90 Å². The number of imide groups is 1. The highest BCUT2D eigenvalue weighted by molar-refractivity contribution is 6.30. The molecule has 1 aliphatic rings. The fourth-order valence-corrected chi connectivity index (χ4v) is 2.71. The average Bonchev–Trinajstić information content (AvgIpc) is 2.76. The smallest absolute Gasteiger partial charge is 0.325 e. The number of carbonyl (C=O) groups is 4. The Morgan fingerprint density at radius 3 is 2.63 bits per heavy atom. The second kappa shape index (κ2) is 8.39. The van der Waals surface area contributed by atoms with Crippen LogP contribution < -0.4 is 10.6 Å². The normalized spacial score (nSPS) is 16.7. The maximum Gasteiger partial charge on any atom is 0.325 e. The van der Waals surface area contributed by atoms with Crippen LogP contribution in [-0.2, 0) is 19.1 Å². The number of halogens is 1. The van der Waals surface area contributed by atoms with Crippen molar-refractivity contribution >= 4 is 41.1 Å². The first-order valence-corrected chi connectivity index (χ1v) is 8.88. The highest BCUT2D eigenvalue weighted by Gasteiger charge is 2.43. The van der Waals surface area contributed by atoms with E-state index in [4.69, 9.17) is 16.3 Å². The van der Waals surface area contributed by atoms with Crippen LogP contribution in [0.4, 0.5) is 10.5 Å². The monoisotopic (exact) mass is 395 g/mol. The number of nitrogens with zero attached hydrogens (tertiary/aromatic N) is 1. The Morgan fingerprint density at radius 2 is 2.04 bits per heavy atom. The van der Waals surface area contributed by atoms with E-state index in [1.165, 1.54) is 6.92 Å². The molecule has 0 aromatic heterocycles. The van der Waals surface area contributed by atoms with Crippen molar-refractivity contribution in [3.63, 3.8) is 0 Å². The maximum atomic E-state index is 12.1. The molecule has 9 heteroatoms. The summed E-state index contributed by atoms with van der Waals surface area (Å²) in [5, 5.41) is 5.64. The van der Waals surface area contributed by atoms with Gasteiger partial charge in [0.05, 0.1) is 0 Å². The molecule has 1 saturated heterocycles. The van der Waals surface area contributed by atoms with Crippen molar-refractivity contribution < 1.29 is 23.9 Å². The van der Waals surface area contributed by atoms with Crippen LogP contribution >= 0.6 is 11.6 Å². The molecule has 2 N–H and O–H groups in total. The number of ether oxygens (including phenoxy) is 1. The van der Waals surface area contributed by atoms with Gasteiger partial charge in [-0.25, -0.2) is 4.79 Å². The number of benzene rings is 1. The summed E-state index contributed by atoms with van der Waals surface area (Å²) in [5.74, 6) is -1.41. The lowest BCUT2D eigenvalue weighted by molar-refractivity contribution is -0.153. The van der Waals surface area contributed by atoms with Gasteiger partial charge in [-0.2, -0.15) is 0 Å². The maximum absolute atomic E-state index is 12.1. The first kappa shape index (κ1) is 20.7. The van der Waals surface area contributed by atoms with E-state index in [1.807, 2.05) is 0 Å². The van der Waals surface area contributed by atoms with Crippen molar-refractivity contribution in [2.75, 3.05) is 11.9 Å². The fourth-order valence-electron chi connectivity index (χ4n) is 2.52. The van der Waals surface area contributed by atoms with Gasteiger partial charge in [0.25, 0.3) is 11.8 Å². The Labute approximate surface area is 162 Å². The van der Waals surface area contributed by atoms with Gasteiger partial charge in [0, 0.05) is 23.7 Å². The summed E-state index contributed by atoms with van der Waals surface area (Å²) in [6.45, 7) is 4.79. The van der Waals surface area contributed by atoms with Crippen LogP contribution in [0.2, 0.25) is 5.02 Å². The molecule has 0 unspecified atom stereocenters. The summed E-state index contributed by atoms with van der Waals surface area (Å²) in [6, 6.07) is 6.12. The Morgan fingerprint density at radius 1 is 1.33 bits per heavy atom. The van der Waals surface area contributed by atoms with Gasteiger partial charge in [-0.05, 0) is 45.4 Å². The van der Waals surface area contributed by atoms with E-state index < -0.39 is 29.6 Å². The number of urea groups is 1. The molecule has 0 saturated carbocycles. The molecule has 1 aromatic rings. The second-order valence-corrected chi connectivity index (χ2v) is 7.18. The molecular weight excluding hydrogens is 374 g/mol. The quantitative estimate of drug-likeness (QED) is 0.544. The minimum atomic E-state index is -0.993. The van der Waals surface area contributed by atoms with Crippen LogP contribution in [0.15, 0.2) is 24.3 Å². The number of amides is 4. The third-order valence-electron chi connectivity index (χ3n) is 3.98. The molecule has 1 heterocycles. The molecule has 1 aromatic carbocycles. The third kappa shape index (κ3) is 5.43. The van der Waals surface area contributed by atoms with Crippen LogP contribution in [0, 0.1) is 0 Å². The molecule has 0 radical (unpaired) electrons. The van der Waals surface area contributed by atoms with Crippen LogP contribution in [0.1, 0.15) is 33.6 Å². The molecular formula is C18H22ClN3O5. The zero-order valence-electron chi connectivity index (χ0n) is 15.4.